The van der Waals surface area contributed by atoms with Gasteiger partial charge in [-0.3, -0.25) is 9.78 Å². The van der Waals surface area contributed by atoms with Gasteiger partial charge in [0.15, 0.2) is 0 Å². The molecule has 1 N–H and O–H groups in total. The number of aromatic nitrogens is 3. The Balaban J connectivity index is 1.62. The fourth-order valence-corrected chi connectivity index (χ4v) is 2.94. The average Bonchev–Trinajstić information content (AvgIpc) is 3.16. The Labute approximate surface area is 164 Å². The standard InChI is InChI=1S/C17H15ClN4O4S/c1-24-13-8-14(25-2)12(7-10(13)18)20-15(23)9-27-17-22-21-16(26-17)11-5-3-4-6-19-11/h3-8H,9H2,1-2H3,(H,20,23). The fraction of sp³-hybridized carbons (Fsp3) is 0.176. The smallest absolute Gasteiger partial charge is 0.277 e. The summed E-state index contributed by atoms with van der Waals surface area (Å²) in [7, 11) is 2.99. The van der Waals surface area contributed by atoms with E-state index in [1.54, 1.807) is 30.5 Å². The number of benzene rings is 1. The van der Waals surface area contributed by atoms with E-state index in [0.29, 0.717) is 33.8 Å². The highest BCUT2D eigenvalue weighted by Crippen LogP contribution is 2.36. The molecule has 0 atom stereocenters. The van der Waals surface area contributed by atoms with Crippen molar-refractivity contribution in [3.05, 3.63) is 41.6 Å². The average molecular weight is 407 g/mol. The molecule has 0 aliphatic rings. The number of ether oxygens (including phenoxy) is 2. The summed E-state index contributed by atoms with van der Waals surface area (Å²) in [4.78, 5) is 16.4. The number of methoxy groups -OCH3 is 2. The maximum Gasteiger partial charge on any atom is 0.277 e. The lowest BCUT2D eigenvalue weighted by molar-refractivity contribution is -0.113. The first-order valence-electron chi connectivity index (χ1n) is 7.69. The zero-order chi connectivity index (χ0) is 19.2. The summed E-state index contributed by atoms with van der Waals surface area (Å²) in [5.41, 5.74) is 1.01. The largest absolute Gasteiger partial charge is 0.495 e. The van der Waals surface area contributed by atoms with Gasteiger partial charge in [-0.2, -0.15) is 0 Å². The minimum Gasteiger partial charge on any atom is -0.495 e. The molecule has 0 unspecified atom stereocenters. The van der Waals surface area contributed by atoms with Crippen LogP contribution in [0.4, 0.5) is 5.69 Å². The number of hydrogen-bond acceptors (Lipinski definition) is 8. The van der Waals surface area contributed by atoms with E-state index < -0.39 is 0 Å². The molecular weight excluding hydrogens is 392 g/mol. The normalized spacial score (nSPS) is 10.5. The van der Waals surface area contributed by atoms with Crippen molar-refractivity contribution in [2.24, 2.45) is 0 Å². The molecule has 27 heavy (non-hydrogen) atoms. The third-order valence-corrected chi connectivity index (χ3v) is 4.48. The Hall–Kier alpha value is -2.78. The van der Waals surface area contributed by atoms with E-state index in [2.05, 4.69) is 20.5 Å². The van der Waals surface area contributed by atoms with E-state index in [1.807, 2.05) is 6.07 Å². The lowest BCUT2D eigenvalue weighted by Crippen LogP contribution is -2.14. The first-order chi connectivity index (χ1) is 13.1. The van der Waals surface area contributed by atoms with Crippen LogP contribution < -0.4 is 14.8 Å². The third kappa shape index (κ3) is 4.69. The van der Waals surface area contributed by atoms with Gasteiger partial charge in [0.2, 0.25) is 5.91 Å². The molecule has 0 spiro atoms. The van der Waals surface area contributed by atoms with Crippen molar-refractivity contribution in [3.8, 4) is 23.1 Å². The number of pyridine rings is 1. The molecule has 0 aliphatic heterocycles. The molecule has 0 fully saturated rings. The molecule has 1 aromatic carbocycles. The number of amides is 1. The molecular formula is C17H15ClN4O4S. The number of nitrogens with zero attached hydrogens (tertiary/aromatic N) is 3. The van der Waals surface area contributed by atoms with Gasteiger partial charge in [-0.1, -0.05) is 29.4 Å². The highest BCUT2D eigenvalue weighted by molar-refractivity contribution is 7.99. The Morgan fingerprint density at radius 3 is 2.74 bits per heavy atom. The van der Waals surface area contributed by atoms with Gasteiger partial charge >= 0.3 is 0 Å². The van der Waals surface area contributed by atoms with Crippen molar-refractivity contribution < 1.29 is 18.7 Å². The number of nitrogens with one attached hydrogen (secondary N) is 1. The summed E-state index contributed by atoms with van der Waals surface area (Å²) in [5.74, 6) is 0.967. The Bertz CT molecular complexity index is 936. The van der Waals surface area contributed by atoms with Gasteiger partial charge < -0.3 is 19.2 Å². The molecule has 2 aromatic heterocycles. The van der Waals surface area contributed by atoms with Crippen LogP contribution in [-0.4, -0.2) is 41.1 Å². The first-order valence-corrected chi connectivity index (χ1v) is 9.06. The van der Waals surface area contributed by atoms with Crippen molar-refractivity contribution in [1.82, 2.24) is 15.2 Å². The van der Waals surface area contributed by atoms with Crippen LogP contribution in [-0.2, 0) is 4.79 Å². The second-order valence-electron chi connectivity index (χ2n) is 5.11. The van der Waals surface area contributed by atoms with Gasteiger partial charge in [0.1, 0.15) is 17.2 Å². The molecule has 0 bridgehead atoms. The SMILES string of the molecule is COc1cc(OC)c(NC(=O)CSc2nnc(-c3ccccn3)o2)cc1Cl. The predicted octanol–water partition coefficient (Wildman–Crippen LogP) is 3.53. The lowest BCUT2D eigenvalue weighted by atomic mass is 10.2. The van der Waals surface area contributed by atoms with E-state index in [-0.39, 0.29) is 16.9 Å². The minimum atomic E-state index is -0.280. The van der Waals surface area contributed by atoms with Crippen molar-refractivity contribution in [3.63, 3.8) is 0 Å². The van der Waals surface area contributed by atoms with Crippen LogP contribution in [0.5, 0.6) is 11.5 Å². The lowest BCUT2D eigenvalue weighted by Gasteiger charge is -2.12. The molecule has 140 valence electrons. The zero-order valence-electron chi connectivity index (χ0n) is 14.4. The number of anilines is 1. The third-order valence-electron chi connectivity index (χ3n) is 3.37. The van der Waals surface area contributed by atoms with Gasteiger partial charge in [0, 0.05) is 12.3 Å². The second-order valence-corrected chi connectivity index (χ2v) is 6.45. The number of carbonyl (C=O) groups is 1. The fourth-order valence-electron chi connectivity index (χ4n) is 2.13. The Morgan fingerprint density at radius 2 is 2.04 bits per heavy atom. The highest BCUT2D eigenvalue weighted by Gasteiger charge is 2.15. The molecule has 10 heteroatoms. The molecule has 0 saturated heterocycles. The van der Waals surface area contributed by atoms with Crippen molar-refractivity contribution in [2.75, 3.05) is 25.3 Å². The highest BCUT2D eigenvalue weighted by atomic mass is 35.5. The number of thioether (sulfide) groups is 1. The molecule has 3 aromatic rings. The summed E-state index contributed by atoms with van der Waals surface area (Å²) in [6, 6.07) is 8.53. The van der Waals surface area contributed by atoms with Crippen LogP contribution in [0.25, 0.3) is 11.6 Å². The Morgan fingerprint density at radius 1 is 1.22 bits per heavy atom. The van der Waals surface area contributed by atoms with Gasteiger partial charge in [-0.15, -0.1) is 10.2 Å². The zero-order valence-corrected chi connectivity index (χ0v) is 16.0. The topological polar surface area (TPSA) is 99.4 Å². The summed E-state index contributed by atoms with van der Waals surface area (Å²) >= 11 is 7.21. The maximum absolute atomic E-state index is 12.2. The molecule has 3 rings (SSSR count). The number of rotatable bonds is 7. The molecule has 2 heterocycles. The van der Waals surface area contributed by atoms with E-state index in [9.17, 15) is 4.79 Å². The van der Waals surface area contributed by atoms with Crippen LogP contribution in [0.2, 0.25) is 5.02 Å². The quantitative estimate of drug-likeness (QED) is 0.595. The molecule has 0 radical (unpaired) electrons. The van der Waals surface area contributed by atoms with E-state index in [4.69, 9.17) is 25.5 Å². The monoisotopic (exact) mass is 406 g/mol. The van der Waals surface area contributed by atoms with Gasteiger partial charge in [-0.05, 0) is 18.2 Å². The summed E-state index contributed by atoms with van der Waals surface area (Å²) in [5, 5.41) is 11.2. The van der Waals surface area contributed by atoms with Crippen LogP contribution in [0.3, 0.4) is 0 Å². The number of hydrogen-bond donors (Lipinski definition) is 1. The van der Waals surface area contributed by atoms with Crippen molar-refractivity contribution in [1.29, 1.82) is 0 Å². The van der Waals surface area contributed by atoms with Gasteiger partial charge in [0.05, 0.1) is 30.7 Å². The van der Waals surface area contributed by atoms with Crippen molar-refractivity contribution >= 4 is 35.0 Å². The number of halogens is 1. The predicted molar refractivity (Wildman–Crippen MR) is 101 cm³/mol. The first kappa shape index (κ1) is 19.0. The molecule has 8 nitrogen and oxygen atoms in total. The molecule has 1 amide bonds. The molecule has 0 saturated carbocycles. The second kappa shape index (κ2) is 8.74. The van der Waals surface area contributed by atoms with E-state index >= 15 is 0 Å². The van der Waals surface area contributed by atoms with Crippen LogP contribution >= 0.6 is 23.4 Å². The van der Waals surface area contributed by atoms with E-state index in [1.165, 1.54) is 14.2 Å². The Kier molecular flexibility index (Phi) is 6.15. The summed E-state index contributed by atoms with van der Waals surface area (Å²) < 4.78 is 15.9. The minimum absolute atomic E-state index is 0.0661. The van der Waals surface area contributed by atoms with Crippen LogP contribution in [0, 0.1) is 0 Å². The van der Waals surface area contributed by atoms with Gasteiger partial charge in [-0.25, -0.2) is 0 Å². The van der Waals surface area contributed by atoms with Crippen LogP contribution in [0.1, 0.15) is 0 Å². The summed E-state index contributed by atoms with van der Waals surface area (Å²) in [6.07, 6.45) is 1.63. The summed E-state index contributed by atoms with van der Waals surface area (Å²) in [6.45, 7) is 0. The van der Waals surface area contributed by atoms with Crippen molar-refractivity contribution in [2.45, 2.75) is 5.22 Å². The maximum atomic E-state index is 12.2. The van der Waals surface area contributed by atoms with Gasteiger partial charge in [0.25, 0.3) is 11.1 Å². The van der Waals surface area contributed by atoms with Crippen LogP contribution in [0.15, 0.2) is 46.2 Å². The van der Waals surface area contributed by atoms with E-state index in [0.717, 1.165) is 11.8 Å². The molecule has 0 aliphatic carbocycles. The number of carbonyl (C=O) groups excluding carboxylic acids is 1.